The van der Waals surface area contributed by atoms with E-state index in [0.29, 0.717) is 12.0 Å². The Kier molecular flexibility index (Phi) is 4.67. The van der Waals surface area contributed by atoms with Gasteiger partial charge in [-0.15, -0.1) is 0 Å². The number of hydrogen-bond donors (Lipinski definition) is 1. The van der Waals surface area contributed by atoms with E-state index < -0.39 is 0 Å². The Hall–Kier alpha value is -2.59. The molecule has 2 aromatic carbocycles. The van der Waals surface area contributed by atoms with Gasteiger partial charge in [-0.25, -0.2) is 5.10 Å². The lowest BCUT2D eigenvalue weighted by Gasteiger charge is -2.13. The maximum Gasteiger partial charge on any atom is 0.267 e. The molecule has 1 heterocycles. The molecule has 0 bridgehead atoms. The van der Waals surface area contributed by atoms with E-state index in [-0.39, 0.29) is 5.56 Å². The van der Waals surface area contributed by atoms with Crippen molar-refractivity contribution in [3.05, 3.63) is 98.5 Å². The predicted octanol–water partition coefficient (Wildman–Crippen LogP) is 3.74. The maximum absolute atomic E-state index is 11.9. The van der Waals surface area contributed by atoms with Crippen molar-refractivity contribution in [1.82, 2.24) is 10.2 Å². The van der Waals surface area contributed by atoms with Crippen LogP contribution in [0.4, 0.5) is 0 Å². The standard InChI is InChI=1S/C20H18N2OS/c1-13-6-8-15(9-7-13)19(24)18-5-3-4-16(14(18)2)12-17-10-11-21-22-20(17)23/h3-11H,12H2,1-2H3,(H,22,23). The molecule has 0 radical (unpaired) electrons. The average Bonchev–Trinajstić information content (AvgIpc) is 2.59. The van der Waals surface area contributed by atoms with Crippen molar-refractivity contribution in [3.63, 3.8) is 0 Å². The molecule has 1 N–H and O–H groups in total. The molecule has 120 valence electrons. The van der Waals surface area contributed by atoms with E-state index in [4.69, 9.17) is 12.2 Å². The van der Waals surface area contributed by atoms with E-state index in [1.807, 2.05) is 18.2 Å². The Morgan fingerprint density at radius 1 is 1.04 bits per heavy atom. The number of aromatic nitrogens is 2. The molecule has 0 atom stereocenters. The van der Waals surface area contributed by atoms with Gasteiger partial charge < -0.3 is 0 Å². The second kappa shape index (κ2) is 6.89. The minimum Gasteiger partial charge on any atom is -0.268 e. The lowest BCUT2D eigenvalue weighted by Crippen LogP contribution is -2.14. The van der Waals surface area contributed by atoms with Gasteiger partial charge in [0.2, 0.25) is 0 Å². The van der Waals surface area contributed by atoms with Crippen molar-refractivity contribution < 1.29 is 0 Å². The van der Waals surface area contributed by atoms with Gasteiger partial charge in [-0.05, 0) is 42.2 Å². The first-order valence-corrected chi connectivity index (χ1v) is 8.19. The van der Waals surface area contributed by atoms with Crippen LogP contribution in [0.1, 0.15) is 33.4 Å². The molecule has 0 fully saturated rings. The van der Waals surface area contributed by atoms with Gasteiger partial charge in [0.05, 0.1) is 4.86 Å². The number of benzene rings is 2. The first-order valence-electron chi connectivity index (χ1n) is 7.78. The van der Waals surface area contributed by atoms with E-state index in [2.05, 4.69) is 48.3 Å². The maximum atomic E-state index is 11.9. The van der Waals surface area contributed by atoms with Gasteiger partial charge in [0.1, 0.15) is 0 Å². The minimum atomic E-state index is -0.150. The molecule has 0 aliphatic heterocycles. The number of aromatic amines is 1. The fourth-order valence-electron chi connectivity index (χ4n) is 2.70. The first-order chi connectivity index (χ1) is 11.6. The third kappa shape index (κ3) is 3.34. The summed E-state index contributed by atoms with van der Waals surface area (Å²) in [4.78, 5) is 12.7. The van der Waals surface area contributed by atoms with Gasteiger partial charge in [-0.3, -0.25) is 4.79 Å². The van der Waals surface area contributed by atoms with Gasteiger partial charge in [0.15, 0.2) is 0 Å². The van der Waals surface area contributed by atoms with Crippen molar-refractivity contribution in [2.75, 3.05) is 0 Å². The smallest absolute Gasteiger partial charge is 0.267 e. The molecule has 3 rings (SSSR count). The summed E-state index contributed by atoms with van der Waals surface area (Å²) in [7, 11) is 0. The summed E-state index contributed by atoms with van der Waals surface area (Å²) in [6.07, 6.45) is 2.17. The molecule has 3 aromatic rings. The van der Waals surface area contributed by atoms with Crippen LogP contribution in [0.2, 0.25) is 0 Å². The third-order valence-electron chi connectivity index (χ3n) is 4.19. The van der Waals surface area contributed by atoms with E-state index in [1.165, 1.54) is 5.56 Å². The zero-order valence-electron chi connectivity index (χ0n) is 13.7. The number of rotatable bonds is 4. The van der Waals surface area contributed by atoms with Gasteiger partial charge >= 0.3 is 0 Å². The average molecular weight is 334 g/mol. The molecule has 0 aliphatic carbocycles. The summed E-state index contributed by atoms with van der Waals surface area (Å²) in [5.41, 5.74) is 6.05. The Morgan fingerprint density at radius 3 is 2.50 bits per heavy atom. The number of hydrogen-bond acceptors (Lipinski definition) is 3. The van der Waals surface area contributed by atoms with Gasteiger partial charge in [0, 0.05) is 18.2 Å². The quantitative estimate of drug-likeness (QED) is 0.584. The van der Waals surface area contributed by atoms with Crippen LogP contribution in [0.15, 0.2) is 59.5 Å². The Labute approximate surface area is 146 Å². The van der Waals surface area contributed by atoms with E-state index >= 15 is 0 Å². The van der Waals surface area contributed by atoms with Crippen LogP contribution < -0.4 is 5.56 Å². The highest BCUT2D eigenvalue weighted by Gasteiger charge is 2.11. The molecular formula is C20H18N2OS. The number of H-pyrrole nitrogens is 1. The molecule has 0 unspecified atom stereocenters. The fourth-order valence-corrected chi connectivity index (χ4v) is 3.05. The minimum absolute atomic E-state index is 0.150. The SMILES string of the molecule is Cc1ccc(C(=S)c2cccc(Cc3ccn[nH]c3=O)c2C)cc1. The Bertz CT molecular complexity index is 942. The zero-order chi connectivity index (χ0) is 17.1. The van der Waals surface area contributed by atoms with Crippen LogP contribution in [-0.4, -0.2) is 15.1 Å². The molecule has 0 aliphatic rings. The topological polar surface area (TPSA) is 45.8 Å². The third-order valence-corrected chi connectivity index (χ3v) is 4.65. The Morgan fingerprint density at radius 2 is 1.79 bits per heavy atom. The molecule has 0 saturated carbocycles. The van der Waals surface area contributed by atoms with E-state index in [0.717, 1.165) is 27.1 Å². The number of aryl methyl sites for hydroxylation is 1. The molecule has 0 saturated heterocycles. The van der Waals surface area contributed by atoms with Crippen molar-refractivity contribution >= 4 is 17.1 Å². The van der Waals surface area contributed by atoms with Crippen LogP contribution >= 0.6 is 12.2 Å². The highest BCUT2D eigenvalue weighted by molar-refractivity contribution is 7.81. The summed E-state index contributed by atoms with van der Waals surface area (Å²) < 4.78 is 0. The van der Waals surface area contributed by atoms with Crippen LogP contribution in [0.25, 0.3) is 0 Å². The number of thiocarbonyl (C=S) groups is 1. The zero-order valence-corrected chi connectivity index (χ0v) is 14.5. The summed E-state index contributed by atoms with van der Waals surface area (Å²) >= 11 is 5.69. The summed E-state index contributed by atoms with van der Waals surface area (Å²) in [6.45, 7) is 4.12. The van der Waals surface area contributed by atoms with Crippen molar-refractivity contribution in [1.29, 1.82) is 0 Å². The lowest BCUT2D eigenvalue weighted by atomic mass is 9.93. The van der Waals surface area contributed by atoms with Crippen molar-refractivity contribution in [2.24, 2.45) is 0 Å². The van der Waals surface area contributed by atoms with Gasteiger partial charge in [-0.2, -0.15) is 5.10 Å². The fraction of sp³-hybridized carbons (Fsp3) is 0.150. The number of nitrogens with zero attached hydrogens (tertiary/aromatic N) is 1. The summed E-state index contributed by atoms with van der Waals surface area (Å²) in [6, 6.07) is 16.1. The molecule has 1 aromatic heterocycles. The normalized spacial score (nSPS) is 10.6. The lowest BCUT2D eigenvalue weighted by molar-refractivity contribution is 0.946. The Balaban J connectivity index is 1.96. The largest absolute Gasteiger partial charge is 0.268 e. The summed E-state index contributed by atoms with van der Waals surface area (Å²) in [5.74, 6) is 0. The van der Waals surface area contributed by atoms with Crippen LogP contribution in [0.5, 0.6) is 0 Å². The molecule has 24 heavy (non-hydrogen) atoms. The highest BCUT2D eigenvalue weighted by atomic mass is 32.1. The van der Waals surface area contributed by atoms with Gasteiger partial charge in [0.25, 0.3) is 5.56 Å². The van der Waals surface area contributed by atoms with Crippen LogP contribution in [0, 0.1) is 13.8 Å². The highest BCUT2D eigenvalue weighted by Crippen LogP contribution is 2.20. The second-order valence-electron chi connectivity index (χ2n) is 5.87. The second-order valence-corrected chi connectivity index (χ2v) is 6.28. The van der Waals surface area contributed by atoms with Gasteiger partial charge in [-0.1, -0.05) is 60.2 Å². The van der Waals surface area contributed by atoms with Crippen LogP contribution in [-0.2, 0) is 6.42 Å². The predicted molar refractivity (Wildman–Crippen MR) is 101 cm³/mol. The van der Waals surface area contributed by atoms with Crippen molar-refractivity contribution in [3.8, 4) is 0 Å². The van der Waals surface area contributed by atoms with Crippen LogP contribution in [0.3, 0.4) is 0 Å². The monoisotopic (exact) mass is 334 g/mol. The molecule has 4 heteroatoms. The molecular weight excluding hydrogens is 316 g/mol. The van der Waals surface area contributed by atoms with E-state index in [1.54, 1.807) is 12.3 Å². The van der Waals surface area contributed by atoms with Crippen molar-refractivity contribution in [2.45, 2.75) is 20.3 Å². The molecule has 3 nitrogen and oxygen atoms in total. The van der Waals surface area contributed by atoms with E-state index in [9.17, 15) is 4.79 Å². The summed E-state index contributed by atoms with van der Waals surface area (Å²) in [5, 5.41) is 6.22. The number of nitrogens with one attached hydrogen (secondary N) is 1. The molecule has 0 spiro atoms. The first kappa shape index (κ1) is 16.3. The molecule has 0 amide bonds.